The SMILES string of the molecule is Cc1ccnc(N2CCCC2(C)C)c1C(=O)O. The van der Waals surface area contributed by atoms with E-state index in [9.17, 15) is 9.90 Å². The zero-order valence-electron chi connectivity index (χ0n) is 10.5. The van der Waals surface area contributed by atoms with E-state index < -0.39 is 5.97 Å². The topological polar surface area (TPSA) is 53.4 Å². The van der Waals surface area contributed by atoms with Crippen LogP contribution in [0.25, 0.3) is 0 Å². The highest BCUT2D eigenvalue weighted by molar-refractivity contribution is 5.95. The van der Waals surface area contributed by atoms with E-state index in [0.29, 0.717) is 11.4 Å². The van der Waals surface area contributed by atoms with Gasteiger partial charge in [0.1, 0.15) is 11.4 Å². The largest absolute Gasteiger partial charge is 0.478 e. The molecular formula is C13H18N2O2. The van der Waals surface area contributed by atoms with E-state index in [1.165, 1.54) is 0 Å². The van der Waals surface area contributed by atoms with Gasteiger partial charge in [-0.3, -0.25) is 0 Å². The summed E-state index contributed by atoms with van der Waals surface area (Å²) in [6, 6.07) is 1.75. The van der Waals surface area contributed by atoms with Gasteiger partial charge in [0.2, 0.25) is 0 Å². The number of hydrogen-bond acceptors (Lipinski definition) is 3. The van der Waals surface area contributed by atoms with Crippen molar-refractivity contribution in [2.75, 3.05) is 11.4 Å². The van der Waals surface area contributed by atoms with Crippen LogP contribution in [0.3, 0.4) is 0 Å². The molecule has 1 aromatic heterocycles. The molecule has 4 heteroatoms. The molecule has 0 aliphatic carbocycles. The number of aromatic nitrogens is 1. The van der Waals surface area contributed by atoms with Crippen LogP contribution in [0.1, 0.15) is 42.6 Å². The number of carboxylic acids is 1. The Bertz CT molecular complexity index is 455. The Morgan fingerprint density at radius 2 is 2.24 bits per heavy atom. The Morgan fingerprint density at radius 3 is 2.76 bits per heavy atom. The Labute approximate surface area is 101 Å². The lowest BCUT2D eigenvalue weighted by atomic mass is 10.0. The zero-order chi connectivity index (χ0) is 12.6. The first-order valence-corrected chi connectivity index (χ1v) is 5.90. The maximum atomic E-state index is 11.3. The summed E-state index contributed by atoms with van der Waals surface area (Å²) in [7, 11) is 0. The van der Waals surface area contributed by atoms with Crippen molar-refractivity contribution >= 4 is 11.8 Å². The molecule has 92 valence electrons. The van der Waals surface area contributed by atoms with Crippen LogP contribution in [0, 0.1) is 6.92 Å². The van der Waals surface area contributed by atoms with Gasteiger partial charge in [-0.15, -0.1) is 0 Å². The van der Waals surface area contributed by atoms with Crippen LogP contribution < -0.4 is 4.90 Å². The van der Waals surface area contributed by atoms with E-state index in [4.69, 9.17) is 0 Å². The first-order valence-electron chi connectivity index (χ1n) is 5.90. The lowest BCUT2D eigenvalue weighted by molar-refractivity contribution is 0.0696. The van der Waals surface area contributed by atoms with Crippen molar-refractivity contribution < 1.29 is 9.90 Å². The third-order valence-electron chi connectivity index (χ3n) is 3.51. The second-order valence-corrected chi connectivity index (χ2v) is 5.20. The molecule has 2 heterocycles. The van der Waals surface area contributed by atoms with Gasteiger partial charge in [-0.05, 0) is 45.2 Å². The van der Waals surface area contributed by atoms with Crippen LogP contribution in [0.4, 0.5) is 5.82 Å². The molecule has 0 unspecified atom stereocenters. The van der Waals surface area contributed by atoms with Crippen molar-refractivity contribution in [1.82, 2.24) is 4.98 Å². The minimum absolute atomic E-state index is 0.00894. The second kappa shape index (κ2) is 4.02. The molecule has 0 aromatic carbocycles. The molecule has 0 spiro atoms. The predicted octanol–water partition coefficient (Wildman–Crippen LogP) is 2.47. The Morgan fingerprint density at radius 1 is 1.53 bits per heavy atom. The van der Waals surface area contributed by atoms with Crippen molar-refractivity contribution in [2.45, 2.75) is 39.2 Å². The molecular weight excluding hydrogens is 216 g/mol. The Hall–Kier alpha value is -1.58. The third kappa shape index (κ3) is 1.99. The van der Waals surface area contributed by atoms with Crippen LogP contribution in [-0.4, -0.2) is 28.1 Å². The van der Waals surface area contributed by atoms with E-state index in [1.807, 2.05) is 6.92 Å². The number of aryl methyl sites for hydroxylation is 1. The van der Waals surface area contributed by atoms with Gasteiger partial charge in [0.05, 0.1) is 0 Å². The van der Waals surface area contributed by atoms with Gasteiger partial charge in [-0.25, -0.2) is 9.78 Å². The van der Waals surface area contributed by atoms with Crippen molar-refractivity contribution in [2.24, 2.45) is 0 Å². The van der Waals surface area contributed by atoms with Gasteiger partial charge < -0.3 is 10.0 Å². The number of hydrogen-bond donors (Lipinski definition) is 1. The average molecular weight is 234 g/mol. The van der Waals surface area contributed by atoms with E-state index in [1.54, 1.807) is 12.3 Å². The number of pyridine rings is 1. The standard InChI is InChI=1S/C13H18N2O2/c1-9-5-7-14-11(10(9)12(16)17)15-8-4-6-13(15,2)3/h5,7H,4,6,8H2,1-3H3,(H,16,17). The summed E-state index contributed by atoms with van der Waals surface area (Å²) >= 11 is 0. The summed E-state index contributed by atoms with van der Waals surface area (Å²) in [5.41, 5.74) is 1.10. The number of anilines is 1. The Kier molecular flexibility index (Phi) is 2.81. The molecule has 0 amide bonds. The minimum atomic E-state index is -0.895. The number of carboxylic acid groups (broad SMARTS) is 1. The van der Waals surface area contributed by atoms with Crippen molar-refractivity contribution in [1.29, 1.82) is 0 Å². The molecule has 0 saturated carbocycles. The van der Waals surface area contributed by atoms with Crippen molar-refractivity contribution in [3.05, 3.63) is 23.4 Å². The summed E-state index contributed by atoms with van der Waals surface area (Å²) in [4.78, 5) is 17.7. The highest BCUT2D eigenvalue weighted by Crippen LogP contribution is 2.34. The summed E-state index contributed by atoms with van der Waals surface area (Å²) in [5.74, 6) is -0.284. The van der Waals surface area contributed by atoms with Crippen LogP contribution in [0.15, 0.2) is 12.3 Å². The molecule has 1 N–H and O–H groups in total. The molecule has 0 radical (unpaired) electrons. The van der Waals surface area contributed by atoms with E-state index in [0.717, 1.165) is 24.9 Å². The number of carbonyl (C=O) groups is 1. The fourth-order valence-corrected chi connectivity index (χ4v) is 2.51. The minimum Gasteiger partial charge on any atom is -0.478 e. The summed E-state index contributed by atoms with van der Waals surface area (Å²) in [5, 5.41) is 9.31. The normalized spacial score (nSPS) is 18.4. The van der Waals surface area contributed by atoms with E-state index in [-0.39, 0.29) is 5.54 Å². The van der Waals surface area contributed by atoms with Crippen LogP contribution in [0.2, 0.25) is 0 Å². The molecule has 1 aromatic rings. The molecule has 1 aliphatic heterocycles. The van der Waals surface area contributed by atoms with Gasteiger partial charge in [-0.1, -0.05) is 0 Å². The van der Waals surface area contributed by atoms with Gasteiger partial charge in [0, 0.05) is 18.3 Å². The number of aromatic carboxylic acids is 1. The van der Waals surface area contributed by atoms with Gasteiger partial charge >= 0.3 is 5.97 Å². The highest BCUT2D eigenvalue weighted by Gasteiger charge is 2.35. The van der Waals surface area contributed by atoms with E-state index in [2.05, 4.69) is 23.7 Å². The fraction of sp³-hybridized carbons (Fsp3) is 0.538. The maximum absolute atomic E-state index is 11.3. The Balaban J connectivity index is 2.52. The summed E-state index contributed by atoms with van der Waals surface area (Å²) < 4.78 is 0. The molecule has 4 nitrogen and oxygen atoms in total. The summed E-state index contributed by atoms with van der Waals surface area (Å²) in [6.07, 6.45) is 3.84. The first-order chi connectivity index (χ1) is 7.93. The van der Waals surface area contributed by atoms with Gasteiger partial charge in [0.25, 0.3) is 0 Å². The van der Waals surface area contributed by atoms with Crippen molar-refractivity contribution in [3.63, 3.8) is 0 Å². The fourth-order valence-electron chi connectivity index (χ4n) is 2.51. The molecule has 1 fully saturated rings. The van der Waals surface area contributed by atoms with Crippen molar-refractivity contribution in [3.8, 4) is 0 Å². The summed E-state index contributed by atoms with van der Waals surface area (Å²) in [6.45, 7) is 6.97. The molecule has 17 heavy (non-hydrogen) atoms. The van der Waals surface area contributed by atoms with Crippen LogP contribution in [-0.2, 0) is 0 Å². The molecule has 0 atom stereocenters. The van der Waals surface area contributed by atoms with Gasteiger partial charge in [0.15, 0.2) is 0 Å². The zero-order valence-corrected chi connectivity index (χ0v) is 10.5. The van der Waals surface area contributed by atoms with Crippen LogP contribution >= 0.6 is 0 Å². The number of nitrogens with zero attached hydrogens (tertiary/aromatic N) is 2. The quantitative estimate of drug-likeness (QED) is 0.854. The second-order valence-electron chi connectivity index (χ2n) is 5.20. The average Bonchev–Trinajstić information content (AvgIpc) is 2.57. The third-order valence-corrected chi connectivity index (χ3v) is 3.51. The lowest BCUT2D eigenvalue weighted by Gasteiger charge is -2.33. The highest BCUT2D eigenvalue weighted by atomic mass is 16.4. The predicted molar refractivity (Wildman–Crippen MR) is 66.6 cm³/mol. The molecule has 1 saturated heterocycles. The molecule has 1 aliphatic rings. The first kappa shape index (κ1) is 11.9. The maximum Gasteiger partial charge on any atom is 0.339 e. The monoisotopic (exact) mass is 234 g/mol. The van der Waals surface area contributed by atoms with E-state index >= 15 is 0 Å². The van der Waals surface area contributed by atoms with Crippen LogP contribution in [0.5, 0.6) is 0 Å². The number of rotatable bonds is 2. The molecule has 0 bridgehead atoms. The molecule has 2 rings (SSSR count). The lowest BCUT2D eigenvalue weighted by Crippen LogP contribution is -2.39. The smallest absolute Gasteiger partial charge is 0.339 e. The van der Waals surface area contributed by atoms with Gasteiger partial charge in [-0.2, -0.15) is 0 Å².